The highest BCUT2D eigenvalue weighted by Crippen LogP contribution is 2.31. The minimum Gasteiger partial charge on any atom is -0.381 e. The number of ether oxygens (including phenoxy) is 1. The number of rotatable bonds is 2. The Morgan fingerprint density at radius 1 is 1.40 bits per heavy atom. The van der Waals surface area contributed by atoms with Gasteiger partial charge in [-0.25, -0.2) is 0 Å². The summed E-state index contributed by atoms with van der Waals surface area (Å²) >= 11 is 1.82. The van der Waals surface area contributed by atoms with Crippen molar-refractivity contribution in [3.63, 3.8) is 0 Å². The van der Waals surface area contributed by atoms with E-state index < -0.39 is 0 Å². The fourth-order valence-corrected chi connectivity index (χ4v) is 2.91. The first-order valence-corrected chi connectivity index (χ1v) is 5.98. The molecule has 1 aliphatic rings. The fraction of sp³-hybridized carbons (Fsp3) is 0.636. The van der Waals surface area contributed by atoms with E-state index in [0.717, 1.165) is 26.1 Å². The van der Waals surface area contributed by atoms with Gasteiger partial charge in [-0.2, -0.15) is 0 Å². The van der Waals surface area contributed by atoms with Crippen LogP contribution in [0.3, 0.4) is 0 Å². The van der Waals surface area contributed by atoms with Crippen molar-refractivity contribution in [1.29, 1.82) is 0 Å². The molecule has 2 heterocycles. The van der Waals surface area contributed by atoms with Gasteiger partial charge in [0.05, 0.1) is 0 Å². The molecular formula is C11H18ClNOS. The van der Waals surface area contributed by atoms with Crippen molar-refractivity contribution in [2.24, 2.45) is 11.7 Å². The van der Waals surface area contributed by atoms with Crippen LogP contribution in [0.15, 0.2) is 12.1 Å². The largest absolute Gasteiger partial charge is 0.381 e. The highest BCUT2D eigenvalue weighted by atomic mass is 35.5. The molecule has 2 nitrogen and oxygen atoms in total. The Labute approximate surface area is 101 Å². The number of thiophene rings is 1. The molecule has 0 unspecified atom stereocenters. The molecule has 4 heteroatoms. The molecule has 0 aliphatic carbocycles. The first kappa shape index (κ1) is 13.0. The van der Waals surface area contributed by atoms with Crippen molar-refractivity contribution in [3.8, 4) is 0 Å². The molecule has 1 aromatic heterocycles. The molecule has 2 rings (SSSR count). The SMILES string of the molecule is Cc1ccc([C@H](N)C2CCOCC2)s1.Cl. The predicted molar refractivity (Wildman–Crippen MR) is 66.8 cm³/mol. The fourth-order valence-electron chi connectivity index (χ4n) is 1.94. The van der Waals surface area contributed by atoms with Crippen molar-refractivity contribution < 1.29 is 4.74 Å². The van der Waals surface area contributed by atoms with Crippen LogP contribution in [-0.4, -0.2) is 13.2 Å². The quantitative estimate of drug-likeness (QED) is 0.872. The Hall–Kier alpha value is -0.0900. The summed E-state index contributed by atoms with van der Waals surface area (Å²) in [5, 5.41) is 0. The van der Waals surface area contributed by atoms with Gasteiger partial charge in [0, 0.05) is 29.0 Å². The molecule has 86 valence electrons. The monoisotopic (exact) mass is 247 g/mol. The normalized spacial score (nSPS) is 19.6. The van der Waals surface area contributed by atoms with Crippen LogP contribution in [-0.2, 0) is 4.74 Å². The van der Waals surface area contributed by atoms with Gasteiger partial charge in [0.25, 0.3) is 0 Å². The number of nitrogens with two attached hydrogens (primary N) is 1. The van der Waals surface area contributed by atoms with Crippen molar-refractivity contribution in [1.82, 2.24) is 0 Å². The van der Waals surface area contributed by atoms with Crippen molar-refractivity contribution in [3.05, 3.63) is 21.9 Å². The van der Waals surface area contributed by atoms with Crippen LogP contribution >= 0.6 is 23.7 Å². The van der Waals surface area contributed by atoms with Gasteiger partial charge in [0.2, 0.25) is 0 Å². The second kappa shape index (κ2) is 5.85. The van der Waals surface area contributed by atoms with E-state index in [2.05, 4.69) is 19.1 Å². The molecule has 15 heavy (non-hydrogen) atoms. The van der Waals surface area contributed by atoms with E-state index in [9.17, 15) is 0 Å². The maximum absolute atomic E-state index is 6.24. The Kier molecular flexibility index (Phi) is 5.06. The van der Waals surface area contributed by atoms with E-state index in [1.165, 1.54) is 9.75 Å². The summed E-state index contributed by atoms with van der Waals surface area (Å²) in [5.74, 6) is 0.613. The molecule has 2 N–H and O–H groups in total. The van der Waals surface area contributed by atoms with E-state index in [4.69, 9.17) is 10.5 Å². The molecule has 0 amide bonds. The summed E-state index contributed by atoms with van der Waals surface area (Å²) in [7, 11) is 0. The highest BCUT2D eigenvalue weighted by Gasteiger charge is 2.22. The third kappa shape index (κ3) is 3.18. The average Bonchev–Trinajstić information content (AvgIpc) is 2.65. The zero-order chi connectivity index (χ0) is 9.97. The molecule has 1 aliphatic heterocycles. The second-order valence-electron chi connectivity index (χ2n) is 3.92. The van der Waals surface area contributed by atoms with Crippen LogP contribution in [0.4, 0.5) is 0 Å². The zero-order valence-corrected chi connectivity index (χ0v) is 10.6. The van der Waals surface area contributed by atoms with E-state index in [-0.39, 0.29) is 18.4 Å². The third-order valence-corrected chi connectivity index (χ3v) is 3.97. The minimum absolute atomic E-state index is 0. The van der Waals surface area contributed by atoms with Crippen LogP contribution in [0.25, 0.3) is 0 Å². The molecule has 0 spiro atoms. The predicted octanol–water partition coefficient (Wildman–Crippen LogP) is 2.90. The standard InChI is InChI=1S/C11H17NOS.ClH/c1-8-2-3-10(14-8)11(12)9-4-6-13-7-5-9;/h2-3,9,11H,4-7,12H2,1H3;1H/t11-;/m1./s1. The molecule has 1 atom stereocenters. The highest BCUT2D eigenvalue weighted by molar-refractivity contribution is 7.12. The van der Waals surface area contributed by atoms with Gasteiger partial charge in [-0.05, 0) is 37.8 Å². The smallest absolute Gasteiger partial charge is 0.0469 e. The lowest BCUT2D eigenvalue weighted by Crippen LogP contribution is -2.26. The summed E-state index contributed by atoms with van der Waals surface area (Å²) in [6.45, 7) is 3.89. The first-order chi connectivity index (χ1) is 6.77. The Bertz CT molecular complexity index is 297. The minimum atomic E-state index is 0. The van der Waals surface area contributed by atoms with Crippen molar-refractivity contribution in [2.45, 2.75) is 25.8 Å². The van der Waals surface area contributed by atoms with Crippen LogP contribution < -0.4 is 5.73 Å². The topological polar surface area (TPSA) is 35.2 Å². The van der Waals surface area contributed by atoms with E-state index >= 15 is 0 Å². The summed E-state index contributed by atoms with van der Waals surface area (Å²) < 4.78 is 5.34. The van der Waals surface area contributed by atoms with Crippen molar-refractivity contribution >= 4 is 23.7 Å². The van der Waals surface area contributed by atoms with Gasteiger partial charge >= 0.3 is 0 Å². The van der Waals surface area contributed by atoms with E-state index in [1.54, 1.807) is 0 Å². The van der Waals surface area contributed by atoms with E-state index in [0.29, 0.717) is 5.92 Å². The molecule has 0 bridgehead atoms. The van der Waals surface area contributed by atoms with Gasteiger partial charge < -0.3 is 10.5 Å². The summed E-state index contributed by atoms with van der Waals surface area (Å²) in [5.41, 5.74) is 6.24. The summed E-state index contributed by atoms with van der Waals surface area (Å²) in [6, 6.07) is 4.54. The van der Waals surface area contributed by atoms with Gasteiger partial charge in [0.1, 0.15) is 0 Å². The van der Waals surface area contributed by atoms with Gasteiger partial charge in [-0.1, -0.05) is 0 Å². The Morgan fingerprint density at radius 3 is 2.60 bits per heavy atom. The maximum Gasteiger partial charge on any atom is 0.0469 e. The van der Waals surface area contributed by atoms with Gasteiger partial charge in [-0.3, -0.25) is 0 Å². The van der Waals surface area contributed by atoms with Crippen LogP contribution in [0.2, 0.25) is 0 Å². The number of hydrogen-bond donors (Lipinski definition) is 1. The van der Waals surface area contributed by atoms with Gasteiger partial charge in [-0.15, -0.1) is 23.7 Å². The summed E-state index contributed by atoms with van der Waals surface area (Å²) in [4.78, 5) is 2.68. The van der Waals surface area contributed by atoms with E-state index in [1.807, 2.05) is 11.3 Å². The molecule has 1 aromatic rings. The lowest BCUT2D eigenvalue weighted by molar-refractivity contribution is 0.0587. The van der Waals surface area contributed by atoms with Crippen LogP contribution in [0.5, 0.6) is 0 Å². The van der Waals surface area contributed by atoms with Gasteiger partial charge in [0.15, 0.2) is 0 Å². The zero-order valence-electron chi connectivity index (χ0n) is 8.94. The number of hydrogen-bond acceptors (Lipinski definition) is 3. The molecule has 0 aromatic carbocycles. The molecule has 0 radical (unpaired) electrons. The lowest BCUT2D eigenvalue weighted by Gasteiger charge is -2.26. The summed E-state index contributed by atoms with van der Waals surface area (Å²) in [6.07, 6.45) is 2.22. The molecule has 0 saturated carbocycles. The van der Waals surface area contributed by atoms with Crippen LogP contribution in [0.1, 0.15) is 28.6 Å². The third-order valence-electron chi connectivity index (χ3n) is 2.86. The molecule has 1 saturated heterocycles. The molecular weight excluding hydrogens is 230 g/mol. The van der Waals surface area contributed by atoms with Crippen molar-refractivity contribution in [2.75, 3.05) is 13.2 Å². The maximum atomic E-state index is 6.24. The number of halogens is 1. The number of aryl methyl sites for hydroxylation is 1. The van der Waals surface area contributed by atoms with Crippen LogP contribution in [0, 0.1) is 12.8 Å². The lowest BCUT2D eigenvalue weighted by atomic mass is 9.91. The second-order valence-corrected chi connectivity index (χ2v) is 5.24. The Balaban J connectivity index is 0.00000112. The average molecular weight is 248 g/mol. The molecule has 1 fully saturated rings. The first-order valence-electron chi connectivity index (χ1n) is 5.17. The Morgan fingerprint density at radius 2 is 2.07 bits per heavy atom.